The van der Waals surface area contributed by atoms with Crippen LogP contribution in [0.15, 0.2) is 28.8 Å². The van der Waals surface area contributed by atoms with Gasteiger partial charge in [-0.25, -0.2) is 0 Å². The Bertz CT molecular complexity index is 777. The van der Waals surface area contributed by atoms with Crippen molar-refractivity contribution in [3.63, 3.8) is 0 Å². The molecule has 7 nitrogen and oxygen atoms in total. The highest BCUT2D eigenvalue weighted by Crippen LogP contribution is 2.31. The Morgan fingerprint density at radius 3 is 2.59 bits per heavy atom. The second-order valence-corrected chi connectivity index (χ2v) is 7.14. The van der Waals surface area contributed by atoms with Crippen molar-refractivity contribution < 1.29 is 18.8 Å². The number of carbonyl (C=O) groups is 1. The smallest absolute Gasteiger partial charge is 0.257 e. The van der Waals surface area contributed by atoms with E-state index in [0.717, 1.165) is 44.7 Å². The number of rotatable bonds is 4. The number of amides is 1. The number of likely N-dealkylation sites (tertiary alicyclic amines) is 1. The van der Waals surface area contributed by atoms with Gasteiger partial charge in [0.25, 0.3) is 5.91 Å². The molecule has 2 aromatic rings. The maximum absolute atomic E-state index is 12.8. The largest absolute Gasteiger partial charge is 0.496 e. The van der Waals surface area contributed by atoms with Crippen molar-refractivity contribution in [2.75, 3.05) is 33.4 Å². The summed E-state index contributed by atoms with van der Waals surface area (Å²) in [5, 5.41) is 4.20. The van der Waals surface area contributed by atoms with E-state index < -0.39 is 0 Å². The number of methoxy groups -OCH3 is 1. The van der Waals surface area contributed by atoms with E-state index in [0.29, 0.717) is 36.2 Å². The Morgan fingerprint density at radius 1 is 1.11 bits per heavy atom. The van der Waals surface area contributed by atoms with Crippen LogP contribution in [-0.4, -0.2) is 54.4 Å². The van der Waals surface area contributed by atoms with Crippen molar-refractivity contribution >= 4 is 5.91 Å². The van der Waals surface area contributed by atoms with Crippen LogP contribution in [0, 0.1) is 0 Å². The third-order valence-electron chi connectivity index (χ3n) is 5.51. The van der Waals surface area contributed by atoms with Gasteiger partial charge in [-0.15, -0.1) is 0 Å². The van der Waals surface area contributed by atoms with Crippen molar-refractivity contribution in [2.45, 2.75) is 37.5 Å². The molecule has 144 valence electrons. The van der Waals surface area contributed by atoms with Gasteiger partial charge in [-0.1, -0.05) is 17.3 Å². The second-order valence-electron chi connectivity index (χ2n) is 7.14. The molecule has 2 fully saturated rings. The quantitative estimate of drug-likeness (QED) is 0.822. The van der Waals surface area contributed by atoms with Gasteiger partial charge >= 0.3 is 0 Å². The first-order valence-corrected chi connectivity index (χ1v) is 9.60. The van der Waals surface area contributed by atoms with Gasteiger partial charge in [-0.2, -0.15) is 4.98 Å². The molecule has 27 heavy (non-hydrogen) atoms. The zero-order valence-electron chi connectivity index (χ0n) is 15.6. The molecular weight excluding hydrogens is 346 g/mol. The van der Waals surface area contributed by atoms with Crippen LogP contribution in [0.2, 0.25) is 0 Å². The topological polar surface area (TPSA) is 77.7 Å². The molecule has 0 radical (unpaired) electrons. The highest BCUT2D eigenvalue weighted by Gasteiger charge is 2.30. The summed E-state index contributed by atoms with van der Waals surface area (Å²) in [6, 6.07) is 7.36. The first kappa shape index (κ1) is 18.0. The van der Waals surface area contributed by atoms with Crippen molar-refractivity contribution in [3.8, 4) is 5.75 Å². The second kappa shape index (κ2) is 8.08. The highest BCUT2D eigenvalue weighted by atomic mass is 16.5. The zero-order chi connectivity index (χ0) is 18.6. The van der Waals surface area contributed by atoms with Crippen LogP contribution in [0.1, 0.15) is 59.6 Å². The predicted octanol–water partition coefficient (Wildman–Crippen LogP) is 2.99. The van der Waals surface area contributed by atoms with E-state index in [2.05, 4.69) is 10.1 Å². The van der Waals surface area contributed by atoms with Crippen LogP contribution < -0.4 is 4.74 Å². The minimum atomic E-state index is 0.0133. The summed E-state index contributed by atoms with van der Waals surface area (Å²) in [5.74, 6) is 2.69. The van der Waals surface area contributed by atoms with Crippen molar-refractivity contribution in [1.29, 1.82) is 0 Å². The molecule has 0 unspecified atom stereocenters. The van der Waals surface area contributed by atoms with Crippen molar-refractivity contribution in [2.24, 2.45) is 0 Å². The molecule has 0 N–H and O–H groups in total. The number of hydrogen-bond donors (Lipinski definition) is 0. The molecule has 0 spiro atoms. The fourth-order valence-corrected chi connectivity index (χ4v) is 3.86. The number of ether oxygens (including phenoxy) is 2. The average Bonchev–Trinajstić information content (AvgIpc) is 3.24. The lowest BCUT2D eigenvalue weighted by Gasteiger charge is -2.30. The molecule has 1 amide bonds. The van der Waals surface area contributed by atoms with Crippen LogP contribution >= 0.6 is 0 Å². The molecule has 7 heteroatoms. The first-order chi connectivity index (χ1) is 13.3. The standard InChI is InChI=1S/C20H25N3O4/c1-25-17-5-3-2-4-16(17)20(24)23-10-6-15(7-11-23)19-21-18(22-27-19)14-8-12-26-13-9-14/h2-5,14-15H,6-13H2,1H3. The molecule has 2 saturated heterocycles. The number of carbonyl (C=O) groups excluding carboxylic acids is 1. The third-order valence-corrected chi connectivity index (χ3v) is 5.51. The van der Waals surface area contributed by atoms with Gasteiger partial charge in [0.2, 0.25) is 5.89 Å². The van der Waals surface area contributed by atoms with Crippen LogP contribution in [0.5, 0.6) is 5.75 Å². The molecule has 3 heterocycles. The van der Waals surface area contributed by atoms with E-state index in [1.54, 1.807) is 7.11 Å². The van der Waals surface area contributed by atoms with E-state index in [-0.39, 0.29) is 11.8 Å². The van der Waals surface area contributed by atoms with Gasteiger partial charge in [0.15, 0.2) is 5.82 Å². The number of nitrogens with zero attached hydrogens (tertiary/aromatic N) is 3. The maximum atomic E-state index is 12.8. The molecule has 0 atom stereocenters. The Kier molecular flexibility index (Phi) is 5.38. The predicted molar refractivity (Wildman–Crippen MR) is 98.0 cm³/mol. The molecular formula is C20H25N3O4. The highest BCUT2D eigenvalue weighted by molar-refractivity contribution is 5.97. The van der Waals surface area contributed by atoms with E-state index in [9.17, 15) is 4.79 Å². The van der Waals surface area contributed by atoms with Crippen LogP contribution in [0.3, 0.4) is 0 Å². The lowest BCUT2D eigenvalue weighted by molar-refractivity contribution is 0.0701. The van der Waals surface area contributed by atoms with E-state index >= 15 is 0 Å². The Balaban J connectivity index is 1.37. The summed E-state index contributed by atoms with van der Waals surface area (Å²) in [6.07, 6.45) is 3.56. The SMILES string of the molecule is COc1ccccc1C(=O)N1CCC(c2nc(C3CCOCC3)no2)CC1. The number of piperidine rings is 1. The molecule has 2 aliphatic heterocycles. The number of benzene rings is 1. The monoisotopic (exact) mass is 371 g/mol. The molecule has 4 rings (SSSR count). The molecule has 0 bridgehead atoms. The summed E-state index contributed by atoms with van der Waals surface area (Å²) in [7, 11) is 1.59. The summed E-state index contributed by atoms with van der Waals surface area (Å²) < 4.78 is 16.3. The minimum absolute atomic E-state index is 0.0133. The number of para-hydroxylation sites is 1. The van der Waals surface area contributed by atoms with Crippen LogP contribution in [0.4, 0.5) is 0 Å². The average molecular weight is 371 g/mol. The number of aromatic nitrogens is 2. The Labute approximate surface area is 158 Å². The third kappa shape index (κ3) is 3.83. The van der Waals surface area contributed by atoms with Gasteiger partial charge in [-0.05, 0) is 37.8 Å². The molecule has 0 saturated carbocycles. The summed E-state index contributed by atoms with van der Waals surface area (Å²) in [4.78, 5) is 19.4. The molecule has 0 aliphatic carbocycles. The Morgan fingerprint density at radius 2 is 1.85 bits per heavy atom. The van der Waals surface area contributed by atoms with Gasteiger partial charge in [0.05, 0.1) is 12.7 Å². The fourth-order valence-electron chi connectivity index (χ4n) is 3.86. The minimum Gasteiger partial charge on any atom is -0.496 e. The van der Waals surface area contributed by atoms with E-state index in [1.165, 1.54) is 0 Å². The Hall–Kier alpha value is -2.41. The zero-order valence-corrected chi connectivity index (χ0v) is 15.6. The van der Waals surface area contributed by atoms with Gasteiger partial charge in [0.1, 0.15) is 5.75 Å². The molecule has 2 aliphatic rings. The van der Waals surface area contributed by atoms with E-state index in [4.69, 9.17) is 14.0 Å². The molecule has 1 aromatic carbocycles. The first-order valence-electron chi connectivity index (χ1n) is 9.60. The lowest BCUT2D eigenvalue weighted by atomic mass is 9.95. The lowest BCUT2D eigenvalue weighted by Crippen LogP contribution is -2.38. The van der Waals surface area contributed by atoms with E-state index in [1.807, 2.05) is 29.2 Å². The van der Waals surface area contributed by atoms with Crippen molar-refractivity contribution in [3.05, 3.63) is 41.5 Å². The van der Waals surface area contributed by atoms with Crippen LogP contribution in [-0.2, 0) is 4.74 Å². The fraction of sp³-hybridized carbons (Fsp3) is 0.550. The van der Waals surface area contributed by atoms with Crippen LogP contribution in [0.25, 0.3) is 0 Å². The normalized spacial score (nSPS) is 19.2. The van der Waals surface area contributed by atoms with Gasteiger partial charge in [0, 0.05) is 38.1 Å². The number of hydrogen-bond acceptors (Lipinski definition) is 6. The molecule has 1 aromatic heterocycles. The summed E-state index contributed by atoms with van der Waals surface area (Å²) in [5.41, 5.74) is 0.609. The van der Waals surface area contributed by atoms with Gasteiger partial charge in [-0.3, -0.25) is 4.79 Å². The summed E-state index contributed by atoms with van der Waals surface area (Å²) >= 11 is 0. The van der Waals surface area contributed by atoms with Gasteiger partial charge < -0.3 is 18.9 Å². The van der Waals surface area contributed by atoms with Crippen molar-refractivity contribution in [1.82, 2.24) is 15.0 Å². The maximum Gasteiger partial charge on any atom is 0.257 e. The summed E-state index contributed by atoms with van der Waals surface area (Å²) in [6.45, 7) is 2.88.